The van der Waals surface area contributed by atoms with Crippen LogP contribution in [0.3, 0.4) is 0 Å². The van der Waals surface area contributed by atoms with E-state index in [1.165, 1.54) is 18.2 Å². The Kier molecular flexibility index (Phi) is 8.26. The summed E-state index contributed by atoms with van der Waals surface area (Å²) < 4.78 is 19.6. The average Bonchev–Trinajstić information content (AvgIpc) is 2.97. The number of benzene rings is 3. The largest absolute Gasteiger partial charge is 0.378 e. The summed E-state index contributed by atoms with van der Waals surface area (Å²) in [7, 11) is 0. The van der Waals surface area contributed by atoms with Gasteiger partial charge in [0.1, 0.15) is 5.82 Å². The molecule has 0 saturated carbocycles. The first-order chi connectivity index (χ1) is 19.4. The summed E-state index contributed by atoms with van der Waals surface area (Å²) in [4.78, 5) is 44.8. The van der Waals surface area contributed by atoms with Crippen LogP contribution in [0.4, 0.5) is 26.2 Å². The Morgan fingerprint density at radius 2 is 1.48 bits per heavy atom. The molecule has 0 aromatic heterocycles. The molecule has 2 aliphatic rings. The second kappa shape index (κ2) is 12.2. The van der Waals surface area contributed by atoms with Gasteiger partial charge in [-0.1, -0.05) is 24.3 Å². The zero-order chi connectivity index (χ0) is 28.1. The van der Waals surface area contributed by atoms with E-state index in [0.717, 1.165) is 16.9 Å². The molecular formula is C30H32FN5O4. The van der Waals surface area contributed by atoms with Crippen LogP contribution in [-0.4, -0.2) is 80.1 Å². The molecule has 0 unspecified atom stereocenters. The number of piperazine rings is 1. The molecule has 3 aromatic rings. The summed E-state index contributed by atoms with van der Waals surface area (Å²) in [6.45, 7) is 5.86. The lowest BCUT2D eigenvalue weighted by molar-refractivity contribution is 0.0303. The molecule has 0 atom stereocenters. The number of carbonyl (C=O) groups excluding carboxylic acids is 3. The second-order valence-corrected chi connectivity index (χ2v) is 9.84. The third-order valence-electron chi connectivity index (χ3n) is 7.08. The highest BCUT2D eigenvalue weighted by Gasteiger charge is 2.27. The van der Waals surface area contributed by atoms with Gasteiger partial charge in [-0.25, -0.2) is 9.18 Å². The average molecular weight is 546 g/mol. The van der Waals surface area contributed by atoms with Crippen LogP contribution in [0.1, 0.15) is 26.3 Å². The Bertz CT molecular complexity index is 1400. The standard InChI is InChI=1S/C30H32FN5O4/c1-21-5-4-6-22(19-21)33-30(39)36-13-11-34(12-14-36)27-10-9-23(32-28(37)24-7-2-3-8-26(24)31)20-25(27)29(38)35-15-17-40-18-16-35/h2-10,19-20H,11-18H2,1H3,(H,32,37)(H,33,39). The van der Waals surface area contributed by atoms with E-state index in [1.807, 2.05) is 31.2 Å². The number of urea groups is 1. The summed E-state index contributed by atoms with van der Waals surface area (Å²) in [5.74, 6) is -1.38. The minimum atomic E-state index is -0.620. The van der Waals surface area contributed by atoms with E-state index in [9.17, 15) is 18.8 Å². The van der Waals surface area contributed by atoms with E-state index in [0.29, 0.717) is 63.7 Å². The topological polar surface area (TPSA) is 94.2 Å². The number of morpholine rings is 1. The molecule has 2 heterocycles. The Hall–Kier alpha value is -4.44. The maximum Gasteiger partial charge on any atom is 0.321 e. The molecule has 0 spiro atoms. The van der Waals surface area contributed by atoms with Gasteiger partial charge in [-0.15, -0.1) is 0 Å². The van der Waals surface area contributed by atoms with E-state index in [4.69, 9.17) is 4.74 Å². The molecule has 2 fully saturated rings. The molecule has 4 amide bonds. The van der Waals surface area contributed by atoms with Crippen molar-refractivity contribution >= 4 is 34.9 Å². The first-order valence-electron chi connectivity index (χ1n) is 13.3. The molecule has 5 rings (SSSR count). The first kappa shape index (κ1) is 27.1. The second-order valence-electron chi connectivity index (χ2n) is 9.84. The molecule has 3 aromatic carbocycles. The van der Waals surface area contributed by atoms with Crippen LogP contribution in [0.2, 0.25) is 0 Å². The van der Waals surface area contributed by atoms with E-state index >= 15 is 0 Å². The van der Waals surface area contributed by atoms with Gasteiger partial charge in [0.2, 0.25) is 0 Å². The van der Waals surface area contributed by atoms with Crippen LogP contribution in [0.15, 0.2) is 66.7 Å². The summed E-state index contributed by atoms with van der Waals surface area (Å²) >= 11 is 0. The predicted molar refractivity (Wildman–Crippen MR) is 152 cm³/mol. The smallest absolute Gasteiger partial charge is 0.321 e. The quantitative estimate of drug-likeness (QED) is 0.501. The number of amides is 4. The maximum absolute atomic E-state index is 14.2. The molecule has 0 radical (unpaired) electrons. The van der Waals surface area contributed by atoms with Gasteiger partial charge in [-0.05, 0) is 55.0 Å². The van der Waals surface area contributed by atoms with Crippen molar-refractivity contribution in [1.29, 1.82) is 0 Å². The minimum absolute atomic E-state index is 0.0762. The SMILES string of the molecule is Cc1cccc(NC(=O)N2CCN(c3ccc(NC(=O)c4ccccc4F)cc3C(=O)N3CCOCC3)CC2)c1. The van der Waals surface area contributed by atoms with Crippen LogP contribution in [-0.2, 0) is 4.74 Å². The van der Waals surface area contributed by atoms with Gasteiger partial charge in [0.05, 0.1) is 24.3 Å². The molecule has 10 heteroatoms. The van der Waals surface area contributed by atoms with Crippen LogP contribution in [0.25, 0.3) is 0 Å². The molecule has 2 saturated heterocycles. The Labute approximate surface area is 232 Å². The Morgan fingerprint density at radius 1 is 0.750 bits per heavy atom. The lowest BCUT2D eigenvalue weighted by Crippen LogP contribution is -2.50. The van der Waals surface area contributed by atoms with Crippen molar-refractivity contribution < 1.29 is 23.5 Å². The van der Waals surface area contributed by atoms with Crippen LogP contribution in [0, 0.1) is 12.7 Å². The number of carbonyl (C=O) groups is 3. The van der Waals surface area contributed by atoms with Gasteiger partial charge in [-0.3, -0.25) is 9.59 Å². The van der Waals surface area contributed by atoms with Crippen LogP contribution < -0.4 is 15.5 Å². The third-order valence-corrected chi connectivity index (χ3v) is 7.08. The van der Waals surface area contributed by atoms with Crippen molar-refractivity contribution in [2.75, 3.05) is 68.0 Å². The summed E-state index contributed by atoms with van der Waals surface area (Å²) in [6.07, 6.45) is 0. The molecule has 208 valence electrons. The molecule has 0 aliphatic carbocycles. The van der Waals surface area contributed by atoms with Crippen molar-refractivity contribution in [2.24, 2.45) is 0 Å². The van der Waals surface area contributed by atoms with E-state index in [1.54, 1.807) is 34.1 Å². The first-order valence-corrected chi connectivity index (χ1v) is 13.3. The number of hydrogen-bond donors (Lipinski definition) is 2. The molecule has 2 aliphatic heterocycles. The number of anilines is 3. The lowest BCUT2D eigenvalue weighted by atomic mass is 10.1. The molecule has 0 bridgehead atoms. The highest BCUT2D eigenvalue weighted by atomic mass is 19.1. The van der Waals surface area contributed by atoms with Crippen molar-refractivity contribution in [3.8, 4) is 0 Å². The van der Waals surface area contributed by atoms with Gasteiger partial charge >= 0.3 is 6.03 Å². The number of hydrogen-bond acceptors (Lipinski definition) is 5. The van der Waals surface area contributed by atoms with Gasteiger partial charge in [0.15, 0.2) is 0 Å². The van der Waals surface area contributed by atoms with Gasteiger partial charge in [0, 0.05) is 56.3 Å². The fourth-order valence-corrected chi connectivity index (χ4v) is 4.92. The van der Waals surface area contributed by atoms with Gasteiger partial charge in [0.25, 0.3) is 11.8 Å². The number of ether oxygens (including phenoxy) is 1. The molecular weight excluding hydrogens is 513 g/mol. The number of halogens is 1. The molecule has 40 heavy (non-hydrogen) atoms. The van der Waals surface area contributed by atoms with E-state index < -0.39 is 11.7 Å². The fraction of sp³-hybridized carbons (Fsp3) is 0.300. The normalized spacial score (nSPS) is 15.5. The van der Waals surface area contributed by atoms with Crippen LogP contribution >= 0.6 is 0 Å². The molecule has 9 nitrogen and oxygen atoms in total. The zero-order valence-electron chi connectivity index (χ0n) is 22.4. The summed E-state index contributed by atoms with van der Waals surface area (Å²) in [5.41, 5.74) is 3.29. The van der Waals surface area contributed by atoms with Crippen molar-refractivity contribution in [2.45, 2.75) is 6.92 Å². The van der Waals surface area contributed by atoms with Gasteiger partial charge in [-0.2, -0.15) is 0 Å². The van der Waals surface area contributed by atoms with Crippen molar-refractivity contribution in [1.82, 2.24) is 9.80 Å². The Morgan fingerprint density at radius 3 is 2.20 bits per heavy atom. The minimum Gasteiger partial charge on any atom is -0.378 e. The third kappa shape index (κ3) is 6.23. The number of rotatable bonds is 5. The van der Waals surface area contributed by atoms with E-state index in [2.05, 4.69) is 15.5 Å². The van der Waals surface area contributed by atoms with Crippen molar-refractivity contribution in [3.63, 3.8) is 0 Å². The highest BCUT2D eigenvalue weighted by Crippen LogP contribution is 2.28. The number of nitrogens with zero attached hydrogens (tertiary/aromatic N) is 3. The zero-order valence-corrected chi connectivity index (χ0v) is 22.4. The van der Waals surface area contributed by atoms with E-state index in [-0.39, 0.29) is 17.5 Å². The number of nitrogens with one attached hydrogen (secondary N) is 2. The molecule has 2 N–H and O–H groups in total. The lowest BCUT2D eigenvalue weighted by Gasteiger charge is -2.37. The maximum atomic E-state index is 14.2. The van der Waals surface area contributed by atoms with Crippen LogP contribution in [0.5, 0.6) is 0 Å². The monoisotopic (exact) mass is 545 g/mol. The highest BCUT2D eigenvalue weighted by molar-refractivity contribution is 6.06. The Balaban J connectivity index is 1.33. The van der Waals surface area contributed by atoms with Gasteiger partial charge < -0.3 is 30.1 Å². The summed E-state index contributed by atoms with van der Waals surface area (Å²) in [6, 6.07) is 18.4. The van der Waals surface area contributed by atoms with Crippen molar-refractivity contribution in [3.05, 3.63) is 89.2 Å². The number of aryl methyl sites for hydroxylation is 1. The summed E-state index contributed by atoms with van der Waals surface area (Å²) in [5, 5.41) is 5.67. The predicted octanol–water partition coefficient (Wildman–Crippen LogP) is 4.21. The fourth-order valence-electron chi connectivity index (χ4n) is 4.92.